The fourth-order valence-electron chi connectivity index (χ4n) is 3.13. The lowest BCUT2D eigenvalue weighted by molar-refractivity contribution is -0.139. The molecule has 2 rings (SSSR count). The van der Waals surface area contributed by atoms with Crippen LogP contribution in [0.2, 0.25) is 0 Å². The van der Waals surface area contributed by atoms with Crippen LogP contribution in [0.1, 0.15) is 45.1 Å². The van der Waals surface area contributed by atoms with E-state index in [0.717, 1.165) is 32.2 Å². The molecule has 1 aliphatic rings. The molecule has 1 saturated carbocycles. The van der Waals surface area contributed by atoms with Gasteiger partial charge in [0, 0.05) is 18.6 Å². The normalized spacial score (nSPS) is 26.2. The van der Waals surface area contributed by atoms with Gasteiger partial charge < -0.3 is 10.6 Å². The predicted molar refractivity (Wildman–Crippen MR) is 82.1 cm³/mol. The largest absolute Gasteiger partial charge is 0.338 e. The van der Waals surface area contributed by atoms with Gasteiger partial charge in [-0.25, -0.2) is 0 Å². The molecule has 0 bridgehead atoms. The maximum absolute atomic E-state index is 12.8. The average Bonchev–Trinajstić information content (AvgIpc) is 2.45. The zero-order valence-corrected chi connectivity index (χ0v) is 12.6. The summed E-state index contributed by atoms with van der Waals surface area (Å²) in [4.78, 5) is 14.7. The molecule has 2 unspecified atom stereocenters. The van der Waals surface area contributed by atoms with E-state index in [9.17, 15) is 4.79 Å². The highest BCUT2D eigenvalue weighted by Crippen LogP contribution is 2.33. The summed E-state index contributed by atoms with van der Waals surface area (Å²) in [5.41, 5.74) is 7.19. The van der Waals surface area contributed by atoms with Gasteiger partial charge >= 0.3 is 0 Å². The van der Waals surface area contributed by atoms with E-state index in [2.05, 4.69) is 12.1 Å². The van der Waals surface area contributed by atoms with Crippen LogP contribution in [0.3, 0.4) is 0 Å². The van der Waals surface area contributed by atoms with Crippen LogP contribution in [-0.2, 0) is 11.3 Å². The van der Waals surface area contributed by atoms with Crippen molar-refractivity contribution in [1.82, 2.24) is 4.90 Å². The second-order valence-electron chi connectivity index (χ2n) is 6.14. The van der Waals surface area contributed by atoms with Gasteiger partial charge in [-0.15, -0.1) is 0 Å². The highest BCUT2D eigenvalue weighted by Gasteiger charge is 2.39. The number of nitrogens with zero attached hydrogens (tertiary/aromatic N) is 1. The van der Waals surface area contributed by atoms with Crippen LogP contribution in [0, 0.1) is 5.92 Å². The van der Waals surface area contributed by atoms with Crippen LogP contribution in [0.15, 0.2) is 30.3 Å². The van der Waals surface area contributed by atoms with E-state index in [0.29, 0.717) is 6.54 Å². The molecule has 1 fully saturated rings. The SMILES string of the molecule is CCN(Cc1ccccc1)C(=O)C1CCCCC1(C)N. The maximum Gasteiger partial charge on any atom is 0.227 e. The molecule has 1 aromatic rings. The van der Waals surface area contributed by atoms with Gasteiger partial charge in [-0.2, -0.15) is 0 Å². The van der Waals surface area contributed by atoms with Crippen molar-refractivity contribution in [1.29, 1.82) is 0 Å². The molecule has 0 heterocycles. The molecule has 20 heavy (non-hydrogen) atoms. The molecule has 0 aliphatic heterocycles. The molecular formula is C17H26N2O. The average molecular weight is 274 g/mol. The van der Waals surface area contributed by atoms with Crippen LogP contribution < -0.4 is 5.73 Å². The first-order valence-corrected chi connectivity index (χ1v) is 7.66. The van der Waals surface area contributed by atoms with Gasteiger partial charge in [-0.1, -0.05) is 43.2 Å². The molecule has 0 saturated heterocycles. The summed E-state index contributed by atoms with van der Waals surface area (Å²) in [6.45, 7) is 5.49. The molecule has 3 nitrogen and oxygen atoms in total. The van der Waals surface area contributed by atoms with Crippen LogP contribution in [0.25, 0.3) is 0 Å². The lowest BCUT2D eigenvalue weighted by atomic mass is 9.74. The Morgan fingerprint density at radius 2 is 2.05 bits per heavy atom. The molecule has 2 atom stereocenters. The van der Waals surface area contributed by atoms with Crippen molar-refractivity contribution in [2.45, 2.75) is 51.6 Å². The molecular weight excluding hydrogens is 248 g/mol. The Morgan fingerprint density at radius 1 is 1.35 bits per heavy atom. The van der Waals surface area contributed by atoms with E-state index in [4.69, 9.17) is 5.73 Å². The van der Waals surface area contributed by atoms with E-state index in [-0.39, 0.29) is 17.4 Å². The number of benzene rings is 1. The maximum atomic E-state index is 12.8. The van der Waals surface area contributed by atoms with Crippen LogP contribution in [-0.4, -0.2) is 22.9 Å². The van der Waals surface area contributed by atoms with Crippen molar-refractivity contribution < 1.29 is 4.79 Å². The summed E-state index contributed by atoms with van der Waals surface area (Å²) in [5, 5.41) is 0. The Morgan fingerprint density at radius 3 is 2.65 bits per heavy atom. The first kappa shape index (κ1) is 15.0. The Kier molecular flexibility index (Phi) is 4.81. The smallest absolute Gasteiger partial charge is 0.227 e. The molecule has 2 N–H and O–H groups in total. The third-order valence-corrected chi connectivity index (χ3v) is 4.46. The van der Waals surface area contributed by atoms with Crippen molar-refractivity contribution >= 4 is 5.91 Å². The predicted octanol–water partition coefficient (Wildman–Crippen LogP) is 2.94. The fourth-order valence-corrected chi connectivity index (χ4v) is 3.13. The van der Waals surface area contributed by atoms with Crippen molar-refractivity contribution in [3.63, 3.8) is 0 Å². The molecule has 1 amide bonds. The van der Waals surface area contributed by atoms with Gasteiger partial charge in [-0.05, 0) is 32.3 Å². The number of rotatable bonds is 4. The lowest BCUT2D eigenvalue weighted by Gasteiger charge is -2.39. The Labute approximate surface area is 122 Å². The molecule has 0 spiro atoms. The second-order valence-corrected chi connectivity index (χ2v) is 6.14. The number of amides is 1. The lowest BCUT2D eigenvalue weighted by Crippen LogP contribution is -2.53. The summed E-state index contributed by atoms with van der Waals surface area (Å²) in [6.07, 6.45) is 4.14. The van der Waals surface area contributed by atoms with Crippen LogP contribution in [0.4, 0.5) is 0 Å². The number of hydrogen-bond acceptors (Lipinski definition) is 2. The minimum Gasteiger partial charge on any atom is -0.338 e. The van der Waals surface area contributed by atoms with Crippen LogP contribution >= 0.6 is 0 Å². The topological polar surface area (TPSA) is 46.3 Å². The van der Waals surface area contributed by atoms with Gasteiger partial charge in [0.2, 0.25) is 5.91 Å². The zero-order valence-electron chi connectivity index (χ0n) is 12.6. The van der Waals surface area contributed by atoms with E-state index < -0.39 is 0 Å². The van der Waals surface area contributed by atoms with Crippen molar-refractivity contribution in [2.75, 3.05) is 6.54 Å². The van der Waals surface area contributed by atoms with E-state index in [1.165, 1.54) is 5.56 Å². The van der Waals surface area contributed by atoms with Crippen molar-refractivity contribution in [2.24, 2.45) is 11.7 Å². The van der Waals surface area contributed by atoms with Crippen molar-refractivity contribution in [3.05, 3.63) is 35.9 Å². The number of nitrogens with two attached hydrogens (primary N) is 1. The Balaban J connectivity index is 2.08. The monoisotopic (exact) mass is 274 g/mol. The van der Waals surface area contributed by atoms with Gasteiger partial charge in [0.05, 0.1) is 5.92 Å². The highest BCUT2D eigenvalue weighted by molar-refractivity contribution is 5.80. The molecule has 0 radical (unpaired) electrons. The van der Waals surface area contributed by atoms with E-state index in [1.54, 1.807) is 0 Å². The van der Waals surface area contributed by atoms with Gasteiger partial charge in [0.1, 0.15) is 0 Å². The summed E-state index contributed by atoms with van der Waals surface area (Å²) in [6, 6.07) is 10.2. The summed E-state index contributed by atoms with van der Waals surface area (Å²) in [7, 11) is 0. The van der Waals surface area contributed by atoms with Gasteiger partial charge in [0.15, 0.2) is 0 Å². The second kappa shape index (κ2) is 6.40. The summed E-state index contributed by atoms with van der Waals surface area (Å²) in [5.74, 6) is 0.195. The van der Waals surface area contributed by atoms with Gasteiger partial charge in [0.25, 0.3) is 0 Å². The minimum absolute atomic E-state index is 0.0279. The fraction of sp³-hybridized carbons (Fsp3) is 0.588. The molecule has 110 valence electrons. The first-order valence-electron chi connectivity index (χ1n) is 7.66. The Hall–Kier alpha value is -1.35. The van der Waals surface area contributed by atoms with Gasteiger partial charge in [-0.3, -0.25) is 4.79 Å². The third-order valence-electron chi connectivity index (χ3n) is 4.46. The summed E-state index contributed by atoms with van der Waals surface area (Å²) < 4.78 is 0. The summed E-state index contributed by atoms with van der Waals surface area (Å²) >= 11 is 0. The highest BCUT2D eigenvalue weighted by atomic mass is 16.2. The molecule has 3 heteroatoms. The quantitative estimate of drug-likeness (QED) is 0.917. The molecule has 1 aromatic carbocycles. The molecule has 1 aliphatic carbocycles. The van der Waals surface area contributed by atoms with Crippen LogP contribution in [0.5, 0.6) is 0 Å². The Bertz CT molecular complexity index is 442. The standard InChI is InChI=1S/C17H26N2O/c1-3-19(13-14-9-5-4-6-10-14)16(20)15-11-7-8-12-17(15,2)18/h4-6,9-10,15H,3,7-8,11-13,18H2,1-2H3. The molecule has 0 aromatic heterocycles. The third kappa shape index (κ3) is 3.40. The van der Waals surface area contributed by atoms with Crippen molar-refractivity contribution in [3.8, 4) is 0 Å². The number of hydrogen-bond donors (Lipinski definition) is 1. The first-order chi connectivity index (χ1) is 9.54. The number of carbonyl (C=O) groups excluding carboxylic acids is 1. The minimum atomic E-state index is -0.348. The zero-order chi connectivity index (χ0) is 14.6. The van der Waals surface area contributed by atoms with E-state index >= 15 is 0 Å². The number of carbonyl (C=O) groups is 1. The van der Waals surface area contributed by atoms with E-state index in [1.807, 2.05) is 36.9 Å².